The number of allylic oxidation sites excluding steroid dienone is 1. The first kappa shape index (κ1) is 21.7. The summed E-state index contributed by atoms with van der Waals surface area (Å²) in [5.74, 6) is 0.558. The van der Waals surface area contributed by atoms with E-state index in [-0.39, 0.29) is 12.0 Å². The zero-order chi connectivity index (χ0) is 24.3. The molecule has 0 radical (unpaired) electrons. The zero-order valence-electron chi connectivity index (χ0n) is 20.5. The summed E-state index contributed by atoms with van der Waals surface area (Å²) < 4.78 is 6.43. The van der Waals surface area contributed by atoms with Gasteiger partial charge in [0.1, 0.15) is 5.58 Å². The van der Waals surface area contributed by atoms with Crippen molar-refractivity contribution in [3.63, 3.8) is 0 Å². The van der Waals surface area contributed by atoms with Gasteiger partial charge in [-0.1, -0.05) is 63.4 Å². The van der Waals surface area contributed by atoms with E-state index in [1.165, 1.54) is 11.1 Å². The maximum atomic E-state index is 6.43. The number of aliphatic imine (C=N–C) groups is 2. The average Bonchev–Trinajstić information content (AvgIpc) is 3.25. The minimum absolute atomic E-state index is 0.108. The highest BCUT2D eigenvalue weighted by Crippen LogP contribution is 2.40. The van der Waals surface area contributed by atoms with Gasteiger partial charge < -0.3 is 4.42 Å². The van der Waals surface area contributed by atoms with E-state index in [9.17, 15) is 0 Å². The molecule has 2 aliphatic heterocycles. The molecule has 2 unspecified atom stereocenters. The zero-order valence-corrected chi connectivity index (χ0v) is 20.5. The van der Waals surface area contributed by atoms with Crippen LogP contribution in [0.15, 0.2) is 87.9 Å². The topological polar surface area (TPSA) is 50.8 Å². The molecule has 4 nitrogen and oxygen atoms in total. The molecule has 0 saturated heterocycles. The van der Waals surface area contributed by atoms with Crippen LogP contribution in [-0.2, 0) is 6.42 Å². The van der Waals surface area contributed by atoms with E-state index < -0.39 is 0 Å². The normalized spacial score (nSPS) is 19.8. The van der Waals surface area contributed by atoms with Gasteiger partial charge in [0.2, 0.25) is 5.71 Å². The van der Waals surface area contributed by atoms with E-state index in [1.54, 1.807) is 0 Å². The molecule has 0 spiro atoms. The molecule has 6 rings (SSSR count). The van der Waals surface area contributed by atoms with Crippen molar-refractivity contribution in [3.8, 4) is 0 Å². The monoisotopic (exact) mass is 459 g/mol. The van der Waals surface area contributed by atoms with Crippen molar-refractivity contribution in [1.29, 1.82) is 0 Å². The van der Waals surface area contributed by atoms with Gasteiger partial charge in [0.15, 0.2) is 0 Å². The predicted octanol–water partition coefficient (Wildman–Crippen LogP) is 7.51. The maximum Gasteiger partial charge on any atom is 0.227 e. The predicted molar refractivity (Wildman–Crippen MR) is 145 cm³/mol. The molecule has 0 bridgehead atoms. The van der Waals surface area contributed by atoms with E-state index in [0.717, 1.165) is 63.1 Å². The highest BCUT2D eigenvalue weighted by atomic mass is 16.3. The van der Waals surface area contributed by atoms with Crippen molar-refractivity contribution >= 4 is 33.5 Å². The summed E-state index contributed by atoms with van der Waals surface area (Å²) >= 11 is 0. The molecule has 0 aliphatic carbocycles. The van der Waals surface area contributed by atoms with Gasteiger partial charge >= 0.3 is 0 Å². The minimum atomic E-state index is -0.108. The van der Waals surface area contributed by atoms with Crippen molar-refractivity contribution in [2.24, 2.45) is 9.98 Å². The first-order chi connectivity index (χ1) is 17.0. The van der Waals surface area contributed by atoms with Crippen LogP contribution < -0.4 is 0 Å². The fourth-order valence-corrected chi connectivity index (χ4v) is 5.67. The minimum Gasteiger partial charge on any atom is -0.437 e. The Morgan fingerprint density at radius 1 is 1.06 bits per heavy atom. The number of rotatable bonds is 2. The molecule has 4 aromatic rings. The Bertz CT molecular complexity index is 1580. The molecule has 2 aliphatic rings. The summed E-state index contributed by atoms with van der Waals surface area (Å²) in [6.45, 7) is 14.8. The van der Waals surface area contributed by atoms with Crippen LogP contribution >= 0.6 is 0 Å². The molecular formula is C31H29N3O. The summed E-state index contributed by atoms with van der Waals surface area (Å²) in [6.07, 6.45) is 3.70. The summed E-state index contributed by atoms with van der Waals surface area (Å²) in [5.41, 5.74) is 9.96. The van der Waals surface area contributed by atoms with Gasteiger partial charge in [0.05, 0.1) is 17.5 Å². The smallest absolute Gasteiger partial charge is 0.227 e. The molecule has 2 atom stereocenters. The first-order valence-corrected chi connectivity index (χ1v) is 12.3. The van der Waals surface area contributed by atoms with E-state index in [2.05, 4.69) is 82.5 Å². The molecule has 4 heterocycles. The van der Waals surface area contributed by atoms with E-state index in [4.69, 9.17) is 19.4 Å². The Kier molecular flexibility index (Phi) is 5.06. The van der Waals surface area contributed by atoms with Crippen molar-refractivity contribution < 1.29 is 4.42 Å². The molecule has 2 aromatic carbocycles. The Morgan fingerprint density at radius 2 is 1.86 bits per heavy atom. The number of aromatic nitrogens is 1. The third-order valence-corrected chi connectivity index (χ3v) is 7.43. The standard InChI is InChI=1S/C31H29N3O/c1-6-26-22-10-8-7-9-21(22)23-13-11-20-12-14-24-25-15-16-27(17(2)3)34-31(25)35-30(24)28(20)18(4)32-19(5)29(23)33-26/h6-10,12,14-17,23,29H,1,5,11,13H2,2-4H3. The van der Waals surface area contributed by atoms with Gasteiger partial charge in [0.25, 0.3) is 0 Å². The van der Waals surface area contributed by atoms with Gasteiger partial charge in [-0.05, 0) is 55.0 Å². The van der Waals surface area contributed by atoms with E-state index >= 15 is 0 Å². The number of aryl methyl sites for hydroxylation is 1. The molecular weight excluding hydrogens is 430 g/mol. The lowest BCUT2D eigenvalue weighted by Gasteiger charge is -2.31. The van der Waals surface area contributed by atoms with Crippen LogP contribution in [0.25, 0.3) is 22.1 Å². The van der Waals surface area contributed by atoms with Crippen molar-refractivity contribution in [3.05, 3.63) is 101 Å². The average molecular weight is 460 g/mol. The van der Waals surface area contributed by atoms with Crippen molar-refractivity contribution in [1.82, 2.24) is 4.98 Å². The lowest BCUT2D eigenvalue weighted by atomic mass is 9.79. The van der Waals surface area contributed by atoms with Crippen molar-refractivity contribution in [2.75, 3.05) is 0 Å². The summed E-state index contributed by atoms with van der Waals surface area (Å²) in [7, 11) is 0. The Morgan fingerprint density at radius 3 is 2.66 bits per heavy atom. The largest absolute Gasteiger partial charge is 0.437 e. The number of nitrogens with zero attached hydrogens (tertiary/aromatic N) is 3. The van der Waals surface area contributed by atoms with Gasteiger partial charge in [-0.3, -0.25) is 9.98 Å². The van der Waals surface area contributed by atoms with Crippen LogP contribution in [0.2, 0.25) is 0 Å². The second-order valence-electron chi connectivity index (χ2n) is 9.91. The number of fused-ring (bicyclic) bond motifs is 8. The molecule has 4 heteroatoms. The van der Waals surface area contributed by atoms with Crippen LogP contribution in [0.4, 0.5) is 0 Å². The lowest BCUT2D eigenvalue weighted by Crippen LogP contribution is -2.27. The molecule has 0 amide bonds. The Balaban J connectivity index is 1.54. The molecule has 174 valence electrons. The van der Waals surface area contributed by atoms with Crippen LogP contribution in [0.1, 0.15) is 67.0 Å². The molecule has 0 N–H and O–H groups in total. The van der Waals surface area contributed by atoms with Crippen molar-refractivity contribution in [2.45, 2.75) is 51.5 Å². The SMILES string of the molecule is C=CC1=NC2C(=C)N=C(C)c3c(ccc4c3oc3nc(C(C)C)ccc34)CCC2c2ccccc21. The van der Waals surface area contributed by atoms with E-state index in [0.29, 0.717) is 11.6 Å². The Labute approximate surface area is 205 Å². The summed E-state index contributed by atoms with van der Waals surface area (Å²) in [6, 6.07) is 17.1. The molecule has 0 saturated carbocycles. The van der Waals surface area contributed by atoms with E-state index in [1.807, 2.05) is 6.08 Å². The number of hydrogen-bond acceptors (Lipinski definition) is 4. The first-order valence-electron chi connectivity index (χ1n) is 12.3. The second kappa shape index (κ2) is 8.16. The fourth-order valence-electron chi connectivity index (χ4n) is 5.67. The maximum absolute atomic E-state index is 6.43. The number of benzene rings is 2. The van der Waals surface area contributed by atoms with Crippen LogP contribution in [0.3, 0.4) is 0 Å². The molecule has 35 heavy (non-hydrogen) atoms. The number of furan rings is 1. The van der Waals surface area contributed by atoms with Crippen LogP contribution in [-0.4, -0.2) is 22.4 Å². The highest BCUT2D eigenvalue weighted by Gasteiger charge is 2.33. The van der Waals surface area contributed by atoms with Gasteiger partial charge in [0, 0.05) is 39.2 Å². The fraction of sp³-hybridized carbons (Fsp3) is 0.258. The summed E-state index contributed by atoms with van der Waals surface area (Å²) in [4.78, 5) is 14.9. The van der Waals surface area contributed by atoms with Gasteiger partial charge in [-0.2, -0.15) is 0 Å². The third-order valence-electron chi connectivity index (χ3n) is 7.43. The second-order valence-corrected chi connectivity index (χ2v) is 9.91. The van der Waals surface area contributed by atoms with Crippen LogP contribution in [0.5, 0.6) is 0 Å². The summed E-state index contributed by atoms with van der Waals surface area (Å²) in [5, 5.41) is 2.12. The Hall–Kier alpha value is -3.79. The van der Waals surface area contributed by atoms with Crippen LogP contribution in [0, 0.1) is 0 Å². The lowest BCUT2D eigenvalue weighted by molar-refractivity contribution is 0.540. The number of pyridine rings is 1. The third kappa shape index (κ3) is 3.39. The quantitative estimate of drug-likeness (QED) is 0.311. The number of hydrogen-bond donors (Lipinski definition) is 0. The van der Waals surface area contributed by atoms with Gasteiger partial charge in [-0.15, -0.1) is 0 Å². The highest BCUT2D eigenvalue weighted by molar-refractivity contribution is 6.15. The molecule has 0 fully saturated rings. The molecule has 2 aromatic heterocycles. The van der Waals surface area contributed by atoms with Gasteiger partial charge in [-0.25, -0.2) is 4.98 Å².